The summed E-state index contributed by atoms with van der Waals surface area (Å²) in [6.45, 7) is 1.81. The smallest absolute Gasteiger partial charge is 0.179 e. The highest BCUT2D eigenvalue weighted by molar-refractivity contribution is 7.91. The van der Waals surface area contributed by atoms with Gasteiger partial charge in [0.05, 0.1) is 10.6 Å². The van der Waals surface area contributed by atoms with Gasteiger partial charge in [0, 0.05) is 5.39 Å². The Morgan fingerprint density at radius 1 is 1.10 bits per heavy atom. The molecule has 0 spiro atoms. The minimum Gasteiger partial charge on any atom is -0.316 e. The second-order valence-corrected chi connectivity index (χ2v) is 7.47. The molecule has 20 heavy (non-hydrogen) atoms. The van der Waals surface area contributed by atoms with Crippen molar-refractivity contribution in [2.24, 2.45) is 5.92 Å². The lowest BCUT2D eigenvalue weighted by molar-refractivity contribution is 0.404. The molecule has 3 nitrogen and oxygen atoms in total. The summed E-state index contributed by atoms with van der Waals surface area (Å²) in [4.78, 5) is 0.473. The average Bonchev–Trinajstić information content (AvgIpc) is 2.47. The van der Waals surface area contributed by atoms with Gasteiger partial charge in [-0.2, -0.15) is 0 Å². The summed E-state index contributed by atoms with van der Waals surface area (Å²) in [6, 6.07) is 13.2. The van der Waals surface area contributed by atoms with Crippen molar-refractivity contribution in [3.05, 3.63) is 42.5 Å². The highest BCUT2D eigenvalue weighted by Crippen LogP contribution is 2.26. The van der Waals surface area contributed by atoms with E-state index in [0.717, 1.165) is 36.7 Å². The van der Waals surface area contributed by atoms with Gasteiger partial charge < -0.3 is 5.32 Å². The molecule has 1 saturated heterocycles. The third-order valence-corrected chi connectivity index (χ3v) is 5.88. The van der Waals surface area contributed by atoms with Gasteiger partial charge in [0.2, 0.25) is 0 Å². The van der Waals surface area contributed by atoms with E-state index in [1.165, 1.54) is 0 Å². The lowest BCUT2D eigenvalue weighted by atomic mass is 10.0. The van der Waals surface area contributed by atoms with Gasteiger partial charge in [-0.1, -0.05) is 36.4 Å². The van der Waals surface area contributed by atoms with Gasteiger partial charge in [-0.25, -0.2) is 8.42 Å². The number of nitrogens with one attached hydrogen (secondary N) is 1. The Balaban J connectivity index is 1.96. The van der Waals surface area contributed by atoms with Crippen molar-refractivity contribution in [3.63, 3.8) is 0 Å². The number of rotatable bonds is 3. The van der Waals surface area contributed by atoms with Crippen LogP contribution >= 0.6 is 0 Å². The molecule has 1 fully saturated rings. The molecule has 1 heterocycles. The van der Waals surface area contributed by atoms with Crippen molar-refractivity contribution < 1.29 is 8.42 Å². The van der Waals surface area contributed by atoms with Crippen LogP contribution in [0, 0.1) is 5.92 Å². The van der Waals surface area contributed by atoms with E-state index in [1.807, 2.05) is 36.4 Å². The van der Waals surface area contributed by atoms with E-state index in [9.17, 15) is 8.42 Å². The predicted molar refractivity (Wildman–Crippen MR) is 81.6 cm³/mol. The van der Waals surface area contributed by atoms with E-state index < -0.39 is 9.84 Å². The van der Waals surface area contributed by atoms with Crippen LogP contribution in [0.15, 0.2) is 47.4 Å². The van der Waals surface area contributed by atoms with Crippen molar-refractivity contribution in [1.29, 1.82) is 0 Å². The van der Waals surface area contributed by atoms with Gasteiger partial charge in [0.25, 0.3) is 0 Å². The van der Waals surface area contributed by atoms with Crippen LogP contribution in [-0.4, -0.2) is 27.3 Å². The van der Waals surface area contributed by atoms with Gasteiger partial charge in [-0.3, -0.25) is 0 Å². The molecule has 4 heteroatoms. The topological polar surface area (TPSA) is 46.2 Å². The monoisotopic (exact) mass is 289 g/mol. The maximum Gasteiger partial charge on any atom is 0.179 e. The Morgan fingerprint density at radius 3 is 2.70 bits per heavy atom. The molecule has 1 aliphatic rings. The molecule has 2 aromatic rings. The van der Waals surface area contributed by atoms with Gasteiger partial charge in [0.15, 0.2) is 9.84 Å². The number of sulfone groups is 1. The lowest BCUT2D eigenvalue weighted by Crippen LogP contribution is -2.33. The Bertz CT molecular complexity index is 698. The Hall–Kier alpha value is -1.39. The maximum absolute atomic E-state index is 12.7. The summed E-state index contributed by atoms with van der Waals surface area (Å²) in [5, 5.41) is 5.10. The molecule has 1 atom stereocenters. The number of fused-ring (bicyclic) bond motifs is 1. The van der Waals surface area contributed by atoms with Gasteiger partial charge in [0.1, 0.15) is 0 Å². The van der Waals surface area contributed by atoms with Crippen LogP contribution < -0.4 is 5.32 Å². The molecule has 0 aromatic heterocycles. The Labute approximate surface area is 119 Å². The first-order valence-electron chi connectivity index (χ1n) is 7.08. The number of benzene rings is 2. The molecule has 0 amide bonds. The van der Waals surface area contributed by atoms with Crippen molar-refractivity contribution in [2.75, 3.05) is 18.8 Å². The maximum atomic E-state index is 12.7. The van der Waals surface area contributed by atoms with Crippen LogP contribution in [0.3, 0.4) is 0 Å². The third kappa shape index (κ3) is 2.72. The molecule has 0 radical (unpaired) electrons. The minimum atomic E-state index is -3.23. The highest BCUT2D eigenvalue weighted by Gasteiger charge is 2.24. The molecular weight excluding hydrogens is 270 g/mol. The Morgan fingerprint density at radius 2 is 1.90 bits per heavy atom. The zero-order valence-corrected chi connectivity index (χ0v) is 12.2. The SMILES string of the molecule is O=S(=O)(CC1CCCNC1)c1cccc2ccccc12. The fraction of sp³-hybridized carbons (Fsp3) is 0.375. The van der Waals surface area contributed by atoms with E-state index in [4.69, 9.17) is 0 Å². The van der Waals surface area contributed by atoms with Crippen molar-refractivity contribution >= 4 is 20.6 Å². The first-order valence-corrected chi connectivity index (χ1v) is 8.73. The van der Waals surface area contributed by atoms with Gasteiger partial charge in [-0.05, 0) is 43.3 Å². The summed E-state index contributed by atoms with van der Waals surface area (Å²) in [6.07, 6.45) is 2.06. The number of hydrogen-bond donors (Lipinski definition) is 1. The normalized spacial score (nSPS) is 20.1. The van der Waals surface area contributed by atoms with E-state index in [2.05, 4.69) is 5.32 Å². The largest absolute Gasteiger partial charge is 0.316 e. The fourth-order valence-corrected chi connectivity index (χ4v) is 4.82. The van der Waals surface area contributed by atoms with Crippen molar-refractivity contribution in [3.8, 4) is 0 Å². The van der Waals surface area contributed by atoms with Crippen LogP contribution in [0.5, 0.6) is 0 Å². The van der Waals surface area contributed by atoms with E-state index in [1.54, 1.807) is 6.07 Å². The Kier molecular flexibility index (Phi) is 3.76. The summed E-state index contributed by atoms with van der Waals surface area (Å²) >= 11 is 0. The minimum absolute atomic E-state index is 0.229. The molecule has 0 aliphatic carbocycles. The van der Waals surface area contributed by atoms with Crippen LogP contribution in [0.1, 0.15) is 12.8 Å². The highest BCUT2D eigenvalue weighted by atomic mass is 32.2. The molecule has 1 aliphatic heterocycles. The third-order valence-electron chi connectivity index (χ3n) is 3.94. The standard InChI is InChI=1S/C16H19NO2S/c18-20(19,12-13-5-4-10-17-11-13)16-9-3-7-14-6-1-2-8-15(14)16/h1-3,6-9,13,17H,4-5,10-12H2. The first kappa shape index (κ1) is 13.6. The quantitative estimate of drug-likeness (QED) is 0.945. The summed E-state index contributed by atoms with van der Waals surface area (Å²) < 4.78 is 25.4. The molecule has 0 bridgehead atoms. The zero-order valence-electron chi connectivity index (χ0n) is 11.4. The average molecular weight is 289 g/mol. The molecule has 1 unspecified atom stereocenters. The summed E-state index contributed by atoms with van der Waals surface area (Å²) in [5.74, 6) is 0.473. The second kappa shape index (κ2) is 5.54. The van der Waals surface area contributed by atoms with E-state index in [-0.39, 0.29) is 11.7 Å². The van der Waals surface area contributed by atoms with E-state index >= 15 is 0 Å². The number of hydrogen-bond acceptors (Lipinski definition) is 3. The molecule has 1 N–H and O–H groups in total. The lowest BCUT2D eigenvalue weighted by Gasteiger charge is -2.22. The van der Waals surface area contributed by atoms with Gasteiger partial charge >= 0.3 is 0 Å². The summed E-state index contributed by atoms with van der Waals surface area (Å²) in [5.41, 5.74) is 0. The van der Waals surface area contributed by atoms with Crippen LogP contribution in [-0.2, 0) is 9.84 Å². The van der Waals surface area contributed by atoms with Gasteiger partial charge in [-0.15, -0.1) is 0 Å². The zero-order chi connectivity index (χ0) is 14.0. The molecular formula is C16H19NO2S. The predicted octanol–water partition coefficient (Wildman–Crippen LogP) is 2.61. The first-order chi connectivity index (χ1) is 9.67. The van der Waals surface area contributed by atoms with Crippen molar-refractivity contribution in [1.82, 2.24) is 5.32 Å². The molecule has 106 valence electrons. The van der Waals surface area contributed by atoms with Crippen molar-refractivity contribution in [2.45, 2.75) is 17.7 Å². The second-order valence-electron chi connectivity index (χ2n) is 5.47. The van der Waals surface area contributed by atoms with Crippen LogP contribution in [0.25, 0.3) is 10.8 Å². The molecule has 2 aromatic carbocycles. The fourth-order valence-electron chi connectivity index (χ4n) is 2.93. The van der Waals surface area contributed by atoms with E-state index in [0.29, 0.717) is 4.90 Å². The molecule has 0 saturated carbocycles. The number of piperidine rings is 1. The molecule has 3 rings (SSSR count). The van der Waals surface area contributed by atoms with Crippen LogP contribution in [0.4, 0.5) is 0 Å². The summed E-state index contributed by atoms with van der Waals surface area (Å²) in [7, 11) is -3.23. The van der Waals surface area contributed by atoms with Crippen LogP contribution in [0.2, 0.25) is 0 Å².